The van der Waals surface area contributed by atoms with Crippen LogP contribution in [0.3, 0.4) is 0 Å². The Morgan fingerprint density at radius 2 is 2.25 bits per heavy atom. The molecule has 1 aromatic carbocycles. The zero-order valence-corrected chi connectivity index (χ0v) is 11.6. The van der Waals surface area contributed by atoms with Gasteiger partial charge in [-0.05, 0) is 36.8 Å². The predicted molar refractivity (Wildman–Crippen MR) is 78.9 cm³/mol. The Kier molecular flexibility index (Phi) is 4.46. The third kappa shape index (κ3) is 3.41. The molecule has 0 atom stereocenters. The van der Waals surface area contributed by atoms with Gasteiger partial charge in [0, 0.05) is 17.4 Å². The highest BCUT2D eigenvalue weighted by atomic mass is 35.5. The molecule has 0 bridgehead atoms. The fourth-order valence-electron chi connectivity index (χ4n) is 1.71. The number of aromatic nitrogens is 1. The van der Waals surface area contributed by atoms with Gasteiger partial charge in [0.25, 0.3) is 5.91 Å². The van der Waals surface area contributed by atoms with E-state index in [2.05, 4.69) is 22.1 Å². The van der Waals surface area contributed by atoms with Crippen molar-refractivity contribution in [2.24, 2.45) is 0 Å². The smallest absolute Gasteiger partial charge is 0.272 e. The maximum Gasteiger partial charge on any atom is 0.272 e. The molecule has 0 saturated carbocycles. The molecule has 0 aliphatic rings. The van der Waals surface area contributed by atoms with Crippen molar-refractivity contribution in [2.45, 2.75) is 6.92 Å². The van der Waals surface area contributed by atoms with Crippen molar-refractivity contribution < 1.29 is 9.90 Å². The summed E-state index contributed by atoms with van der Waals surface area (Å²) in [4.78, 5) is 14.8. The summed E-state index contributed by atoms with van der Waals surface area (Å²) in [5.74, 6) is 5.14. The third-order valence-electron chi connectivity index (χ3n) is 2.68. The third-order valence-corrected chi connectivity index (χ3v) is 2.90. The molecule has 0 fully saturated rings. The molecule has 3 N–H and O–H groups in total. The summed E-state index contributed by atoms with van der Waals surface area (Å²) in [5, 5.41) is 11.9. The summed E-state index contributed by atoms with van der Waals surface area (Å²) in [6.07, 6.45) is 1.55. The van der Waals surface area contributed by atoms with Gasteiger partial charge in [0.15, 0.2) is 0 Å². The monoisotopic (exact) mass is 288 g/mol. The first-order valence-electron chi connectivity index (χ1n) is 5.96. The van der Waals surface area contributed by atoms with Crippen molar-refractivity contribution in [3.63, 3.8) is 0 Å². The number of benzene rings is 1. The Bertz CT molecular complexity index is 695. The Labute approximate surface area is 121 Å². The molecule has 1 aromatic heterocycles. The van der Waals surface area contributed by atoms with Gasteiger partial charge < -0.3 is 15.4 Å². The van der Waals surface area contributed by atoms with Crippen LogP contribution in [0.2, 0.25) is 5.02 Å². The number of anilines is 1. The van der Waals surface area contributed by atoms with Gasteiger partial charge in [0.1, 0.15) is 12.3 Å². The van der Waals surface area contributed by atoms with Gasteiger partial charge >= 0.3 is 0 Å². The van der Waals surface area contributed by atoms with E-state index in [4.69, 9.17) is 16.7 Å². The molecule has 5 heteroatoms. The number of rotatable bonds is 2. The minimum absolute atomic E-state index is 0.175. The standard InChI is InChI=1S/C15H13ClN2O2/c1-10-7-11(3-2-6-19)4-5-13(10)18-15(20)14-8-12(16)9-17-14/h4-5,7-9,17,19H,6H2,1H3,(H,18,20). The van der Waals surface area contributed by atoms with E-state index in [1.807, 2.05) is 13.0 Å². The van der Waals surface area contributed by atoms with Gasteiger partial charge in [-0.3, -0.25) is 4.79 Å². The van der Waals surface area contributed by atoms with E-state index < -0.39 is 0 Å². The first-order valence-corrected chi connectivity index (χ1v) is 6.33. The Balaban J connectivity index is 2.16. The molecular weight excluding hydrogens is 276 g/mol. The number of carbonyl (C=O) groups excluding carboxylic acids is 1. The molecule has 0 radical (unpaired) electrons. The fourth-order valence-corrected chi connectivity index (χ4v) is 1.88. The van der Waals surface area contributed by atoms with Gasteiger partial charge in [-0.1, -0.05) is 23.4 Å². The molecule has 0 aliphatic carbocycles. The van der Waals surface area contributed by atoms with Gasteiger partial charge in [-0.2, -0.15) is 0 Å². The number of aliphatic hydroxyl groups is 1. The number of amides is 1. The summed E-state index contributed by atoms with van der Waals surface area (Å²) in [5.41, 5.74) is 2.78. The van der Waals surface area contributed by atoms with Gasteiger partial charge in [-0.15, -0.1) is 0 Å². The van der Waals surface area contributed by atoms with E-state index in [9.17, 15) is 4.79 Å². The van der Waals surface area contributed by atoms with E-state index in [0.29, 0.717) is 16.4 Å². The van der Waals surface area contributed by atoms with Crippen LogP contribution in [0.1, 0.15) is 21.6 Å². The van der Waals surface area contributed by atoms with Crippen LogP contribution in [-0.2, 0) is 0 Å². The predicted octanol–water partition coefficient (Wildman–Crippen LogP) is 2.57. The molecular formula is C15H13ClN2O2. The largest absolute Gasteiger partial charge is 0.384 e. The van der Waals surface area contributed by atoms with Crippen molar-refractivity contribution in [3.8, 4) is 11.8 Å². The van der Waals surface area contributed by atoms with Crippen LogP contribution in [0.5, 0.6) is 0 Å². The first-order chi connectivity index (χ1) is 9.60. The summed E-state index contributed by atoms with van der Waals surface area (Å²) in [6, 6.07) is 6.97. The second-order valence-electron chi connectivity index (χ2n) is 4.18. The molecule has 2 rings (SSSR count). The van der Waals surface area contributed by atoms with E-state index >= 15 is 0 Å². The number of aliphatic hydroxyl groups excluding tert-OH is 1. The molecule has 2 aromatic rings. The van der Waals surface area contributed by atoms with Crippen LogP contribution >= 0.6 is 11.6 Å². The molecule has 0 spiro atoms. The Morgan fingerprint density at radius 3 is 2.85 bits per heavy atom. The lowest BCUT2D eigenvalue weighted by Gasteiger charge is -2.07. The summed E-state index contributed by atoms with van der Waals surface area (Å²) >= 11 is 5.76. The van der Waals surface area contributed by atoms with Crippen molar-refractivity contribution in [1.82, 2.24) is 4.98 Å². The second kappa shape index (κ2) is 6.29. The molecule has 4 nitrogen and oxygen atoms in total. The normalized spacial score (nSPS) is 9.75. The van der Waals surface area contributed by atoms with Crippen molar-refractivity contribution >= 4 is 23.2 Å². The highest BCUT2D eigenvalue weighted by Crippen LogP contribution is 2.18. The van der Waals surface area contributed by atoms with Crippen LogP contribution < -0.4 is 5.32 Å². The van der Waals surface area contributed by atoms with Gasteiger partial charge in [0.2, 0.25) is 0 Å². The second-order valence-corrected chi connectivity index (χ2v) is 4.61. The van der Waals surface area contributed by atoms with Crippen LogP contribution in [0.25, 0.3) is 0 Å². The van der Waals surface area contributed by atoms with Crippen LogP contribution in [-0.4, -0.2) is 22.6 Å². The Hall–Kier alpha value is -2.22. The van der Waals surface area contributed by atoms with Gasteiger partial charge in [0.05, 0.1) is 5.02 Å². The van der Waals surface area contributed by atoms with Crippen LogP contribution in [0.4, 0.5) is 5.69 Å². The molecule has 1 amide bonds. The van der Waals surface area contributed by atoms with E-state index in [1.54, 1.807) is 24.4 Å². The minimum Gasteiger partial charge on any atom is -0.384 e. The lowest BCUT2D eigenvalue weighted by molar-refractivity contribution is 0.102. The summed E-state index contributed by atoms with van der Waals surface area (Å²) in [6.45, 7) is 1.70. The molecule has 0 aliphatic heterocycles. The number of H-pyrrole nitrogens is 1. The van der Waals surface area contributed by atoms with Crippen molar-refractivity contribution in [2.75, 3.05) is 11.9 Å². The molecule has 0 unspecified atom stereocenters. The number of hydrogen-bond acceptors (Lipinski definition) is 2. The van der Waals surface area contributed by atoms with Crippen molar-refractivity contribution in [3.05, 3.63) is 52.3 Å². The zero-order chi connectivity index (χ0) is 14.5. The number of halogens is 1. The number of aryl methyl sites for hydroxylation is 1. The molecule has 20 heavy (non-hydrogen) atoms. The van der Waals surface area contributed by atoms with Crippen LogP contribution in [0, 0.1) is 18.8 Å². The number of hydrogen-bond donors (Lipinski definition) is 3. The lowest BCUT2D eigenvalue weighted by atomic mass is 10.1. The maximum atomic E-state index is 12.0. The summed E-state index contributed by atoms with van der Waals surface area (Å²) in [7, 11) is 0. The van der Waals surface area contributed by atoms with E-state index in [-0.39, 0.29) is 12.5 Å². The number of nitrogens with one attached hydrogen (secondary N) is 2. The molecule has 102 valence electrons. The Morgan fingerprint density at radius 1 is 1.45 bits per heavy atom. The number of carbonyl (C=O) groups is 1. The molecule has 0 saturated heterocycles. The minimum atomic E-state index is -0.255. The van der Waals surface area contributed by atoms with Crippen LogP contribution in [0.15, 0.2) is 30.5 Å². The SMILES string of the molecule is Cc1cc(C#CCO)ccc1NC(=O)c1cc(Cl)c[nH]1. The molecule has 1 heterocycles. The first kappa shape index (κ1) is 14.2. The number of aromatic amines is 1. The maximum absolute atomic E-state index is 12.0. The zero-order valence-electron chi connectivity index (χ0n) is 10.8. The van der Waals surface area contributed by atoms with E-state index in [0.717, 1.165) is 11.1 Å². The average molecular weight is 289 g/mol. The fraction of sp³-hybridized carbons (Fsp3) is 0.133. The van der Waals surface area contributed by atoms with Gasteiger partial charge in [-0.25, -0.2) is 0 Å². The average Bonchev–Trinajstić information content (AvgIpc) is 2.86. The lowest BCUT2D eigenvalue weighted by Crippen LogP contribution is -2.13. The highest BCUT2D eigenvalue weighted by molar-refractivity contribution is 6.31. The topological polar surface area (TPSA) is 65.1 Å². The summed E-state index contributed by atoms with van der Waals surface area (Å²) < 4.78 is 0. The quantitative estimate of drug-likeness (QED) is 0.744. The highest BCUT2D eigenvalue weighted by Gasteiger charge is 2.09. The van der Waals surface area contributed by atoms with E-state index in [1.165, 1.54) is 0 Å². The van der Waals surface area contributed by atoms with Crippen molar-refractivity contribution in [1.29, 1.82) is 0 Å².